The summed E-state index contributed by atoms with van der Waals surface area (Å²) in [7, 11) is 0. The van der Waals surface area contributed by atoms with Crippen molar-refractivity contribution in [3.8, 4) is 0 Å². The van der Waals surface area contributed by atoms with Crippen LogP contribution in [0.2, 0.25) is 0 Å². The van der Waals surface area contributed by atoms with Crippen LogP contribution < -0.4 is 11.2 Å². The third-order valence-corrected chi connectivity index (χ3v) is 6.11. The van der Waals surface area contributed by atoms with Gasteiger partial charge in [-0.25, -0.2) is 13.6 Å². The summed E-state index contributed by atoms with van der Waals surface area (Å²) in [6.07, 6.45) is 1.80. The van der Waals surface area contributed by atoms with Crippen molar-refractivity contribution < 1.29 is 18.2 Å². The van der Waals surface area contributed by atoms with E-state index in [4.69, 9.17) is 5.73 Å². The second-order valence-corrected chi connectivity index (χ2v) is 7.89. The summed E-state index contributed by atoms with van der Waals surface area (Å²) in [5.74, 6) is -0.450. The van der Waals surface area contributed by atoms with Gasteiger partial charge in [-0.3, -0.25) is 4.90 Å². The van der Waals surface area contributed by atoms with Crippen LogP contribution in [0.4, 0.5) is 13.6 Å². The topological polar surface area (TPSA) is 58.4 Å². The van der Waals surface area contributed by atoms with Gasteiger partial charge in [-0.15, -0.1) is 0 Å². The largest absolute Gasteiger partial charge is 0.433 e. The molecule has 0 bridgehead atoms. The summed E-state index contributed by atoms with van der Waals surface area (Å²) in [6.45, 7) is 6.47. The molecule has 5 nitrogen and oxygen atoms in total. The Bertz CT molecular complexity index is 783. The first kappa shape index (κ1) is 22.3. The molecule has 3 N–H and O–H groups in total. The van der Waals surface area contributed by atoms with Crippen LogP contribution in [0.15, 0.2) is 48.5 Å². The van der Waals surface area contributed by atoms with Gasteiger partial charge in [0.15, 0.2) is 0 Å². The van der Waals surface area contributed by atoms with E-state index in [1.54, 1.807) is 24.3 Å². The molecule has 1 atom stereocenters. The van der Waals surface area contributed by atoms with Crippen molar-refractivity contribution in [1.82, 2.24) is 10.3 Å². The zero-order valence-electron chi connectivity index (χ0n) is 17.5. The van der Waals surface area contributed by atoms with Gasteiger partial charge in [0.25, 0.3) is 0 Å². The minimum absolute atomic E-state index is 0.0763. The van der Waals surface area contributed by atoms with E-state index in [-0.39, 0.29) is 28.2 Å². The third kappa shape index (κ3) is 5.41. The van der Waals surface area contributed by atoms with Gasteiger partial charge < -0.3 is 5.73 Å². The fraction of sp³-hybridized carbons (Fsp3) is 0.435. The number of carbonyl (C=O) groups is 1. The highest BCUT2D eigenvalue weighted by molar-refractivity contribution is 5.64. The Labute approximate surface area is 177 Å². The van der Waals surface area contributed by atoms with Gasteiger partial charge in [-0.1, -0.05) is 24.3 Å². The highest BCUT2D eigenvalue weighted by Crippen LogP contribution is 2.30. The molecular formula is C23H31F2N4O+. The number of urea groups is 1. The maximum absolute atomic E-state index is 13.4. The Hall–Kier alpha value is -2.35. The molecule has 1 fully saturated rings. The Balaban J connectivity index is 1.64. The highest BCUT2D eigenvalue weighted by Gasteiger charge is 2.35. The van der Waals surface area contributed by atoms with Crippen LogP contribution in [0, 0.1) is 11.6 Å². The number of nitrogens with two attached hydrogens (primary N) is 1. The lowest BCUT2D eigenvalue weighted by Crippen LogP contribution is -2.64. The molecule has 30 heavy (non-hydrogen) atoms. The molecule has 2 aromatic rings. The normalized spacial score (nSPS) is 20.3. The average Bonchev–Trinajstić information content (AvgIpc) is 2.96. The first-order chi connectivity index (χ1) is 14.4. The van der Waals surface area contributed by atoms with E-state index in [2.05, 4.69) is 10.3 Å². The van der Waals surface area contributed by atoms with Crippen molar-refractivity contribution in [3.63, 3.8) is 0 Å². The quantitative estimate of drug-likeness (QED) is 0.677. The zero-order chi connectivity index (χ0) is 21.6. The third-order valence-electron chi connectivity index (χ3n) is 6.11. The maximum Gasteiger partial charge on any atom is 0.433 e. The minimum Gasteiger partial charge on any atom is -0.317 e. The van der Waals surface area contributed by atoms with E-state index in [0.717, 1.165) is 43.6 Å². The molecule has 162 valence electrons. The number of likely N-dealkylation sites (N-methyl/N-ethyl adjacent to an activating group) is 1. The number of primary amides is 1. The van der Waals surface area contributed by atoms with Gasteiger partial charge in [0.1, 0.15) is 24.7 Å². The second-order valence-electron chi connectivity index (χ2n) is 7.89. The van der Waals surface area contributed by atoms with Gasteiger partial charge in [-0.2, -0.15) is 10.0 Å². The summed E-state index contributed by atoms with van der Waals surface area (Å²) in [4.78, 5) is 14.2. The molecule has 0 aromatic heterocycles. The van der Waals surface area contributed by atoms with Crippen molar-refractivity contribution in [3.05, 3.63) is 71.3 Å². The lowest BCUT2D eigenvalue weighted by Gasteiger charge is -2.30. The number of nitrogens with zero attached hydrogens (tertiary/aromatic N) is 2. The molecule has 1 aliphatic rings. The molecule has 0 radical (unpaired) electrons. The van der Waals surface area contributed by atoms with Crippen LogP contribution in [-0.2, 0) is 0 Å². The monoisotopic (exact) mass is 417 g/mol. The molecule has 7 heteroatoms. The first-order valence-electron chi connectivity index (χ1n) is 10.6. The second kappa shape index (κ2) is 10.1. The van der Waals surface area contributed by atoms with Crippen LogP contribution in [0.25, 0.3) is 0 Å². The van der Waals surface area contributed by atoms with Crippen LogP contribution in [-0.4, -0.2) is 54.8 Å². The van der Waals surface area contributed by atoms with Crippen molar-refractivity contribution in [2.75, 3.05) is 39.3 Å². The van der Waals surface area contributed by atoms with Crippen LogP contribution in [0.1, 0.15) is 36.8 Å². The maximum atomic E-state index is 13.4. The number of hydrogen-bond acceptors (Lipinski definition) is 3. The van der Waals surface area contributed by atoms with Gasteiger partial charge in [-0.05, 0) is 61.7 Å². The van der Waals surface area contributed by atoms with E-state index in [0.29, 0.717) is 19.6 Å². The number of nitrogens with one attached hydrogen (secondary N) is 1. The van der Waals surface area contributed by atoms with E-state index in [9.17, 15) is 13.6 Å². The van der Waals surface area contributed by atoms with Gasteiger partial charge in [0.05, 0.1) is 13.1 Å². The number of carbonyl (C=O) groups excluding carboxylic acids is 1. The van der Waals surface area contributed by atoms with Crippen molar-refractivity contribution in [2.45, 2.75) is 25.7 Å². The highest BCUT2D eigenvalue weighted by atomic mass is 19.1. The first-order valence-corrected chi connectivity index (χ1v) is 10.6. The minimum atomic E-state index is -0.341. The molecule has 1 heterocycles. The predicted octanol–water partition coefficient (Wildman–Crippen LogP) is 3.61. The molecular weight excluding hydrogens is 386 g/mol. The number of benzene rings is 2. The van der Waals surface area contributed by atoms with Crippen LogP contribution in [0.3, 0.4) is 0 Å². The summed E-state index contributed by atoms with van der Waals surface area (Å²) in [5, 5.41) is 0. The molecule has 2 aromatic carbocycles. The smallest absolute Gasteiger partial charge is 0.317 e. The number of amides is 2. The van der Waals surface area contributed by atoms with Crippen LogP contribution in [0.5, 0.6) is 0 Å². The van der Waals surface area contributed by atoms with Gasteiger partial charge >= 0.3 is 6.03 Å². The number of rotatable bonds is 7. The predicted molar refractivity (Wildman–Crippen MR) is 114 cm³/mol. The fourth-order valence-corrected chi connectivity index (χ4v) is 4.20. The SMILES string of the molecule is CC[N+]1(C(N)=O)CCN(CCCC(c2ccc(F)cc2)c2ccc(F)cc2)CCN1. The lowest BCUT2D eigenvalue weighted by molar-refractivity contribution is -0.890. The molecule has 2 amide bonds. The van der Waals surface area contributed by atoms with Gasteiger partial charge in [0.2, 0.25) is 0 Å². The standard InChI is InChI=1S/C23H30F2N4O/c1-2-29(23(26)30)17-16-28(15-13-27-29)14-3-4-22(18-5-9-20(24)10-6-18)19-7-11-21(25)12-8-19/h5-12,22,27H,2-4,13-17H2,1H3,(H-,26,30)/p+1. The number of quaternary nitrogens is 1. The van der Waals surface area contributed by atoms with Crippen LogP contribution >= 0.6 is 0 Å². The molecule has 0 aliphatic carbocycles. The Kier molecular flexibility index (Phi) is 7.53. The lowest BCUT2D eigenvalue weighted by atomic mass is 9.87. The zero-order valence-corrected chi connectivity index (χ0v) is 17.5. The molecule has 0 saturated carbocycles. The molecule has 0 spiro atoms. The van der Waals surface area contributed by atoms with Gasteiger partial charge in [0, 0.05) is 12.5 Å². The van der Waals surface area contributed by atoms with E-state index in [1.165, 1.54) is 24.3 Å². The Morgan fingerprint density at radius 3 is 2.13 bits per heavy atom. The average molecular weight is 418 g/mol. The summed E-state index contributed by atoms with van der Waals surface area (Å²) in [6, 6.07) is 12.8. The Morgan fingerprint density at radius 2 is 1.63 bits per heavy atom. The number of halogens is 2. The summed E-state index contributed by atoms with van der Waals surface area (Å²) >= 11 is 0. The van der Waals surface area contributed by atoms with E-state index >= 15 is 0 Å². The van der Waals surface area contributed by atoms with E-state index in [1.807, 2.05) is 6.92 Å². The van der Waals surface area contributed by atoms with Crippen molar-refractivity contribution >= 4 is 6.03 Å². The Morgan fingerprint density at radius 1 is 1.07 bits per heavy atom. The summed E-state index contributed by atoms with van der Waals surface area (Å²) in [5.41, 5.74) is 11.0. The summed E-state index contributed by atoms with van der Waals surface area (Å²) < 4.78 is 26.9. The molecule has 3 rings (SSSR count). The van der Waals surface area contributed by atoms with Crippen molar-refractivity contribution in [1.29, 1.82) is 0 Å². The molecule has 1 unspecified atom stereocenters. The fourth-order valence-electron chi connectivity index (χ4n) is 4.20. The molecule has 1 aliphatic heterocycles. The molecule has 1 saturated heterocycles. The van der Waals surface area contributed by atoms with Crippen molar-refractivity contribution in [2.24, 2.45) is 5.73 Å². The number of hydrogen-bond donors (Lipinski definition) is 2. The van der Waals surface area contributed by atoms with E-state index < -0.39 is 0 Å².